The molecule has 5 heteroatoms. The number of fused-ring (bicyclic) bond motifs is 1. The van der Waals surface area contributed by atoms with E-state index in [1.165, 1.54) is 22.8 Å². The number of nitrogens with one attached hydrogen (secondary N) is 1. The maximum Gasteiger partial charge on any atom is 0.221 e. The summed E-state index contributed by atoms with van der Waals surface area (Å²) in [5.41, 5.74) is 7.20. The Bertz CT molecular complexity index is 880. The zero-order chi connectivity index (χ0) is 18.7. The molecule has 2 heterocycles. The molecule has 2 aromatic rings. The number of hydrogen-bond acceptors (Lipinski definition) is 4. The molecule has 0 radical (unpaired) electrons. The summed E-state index contributed by atoms with van der Waals surface area (Å²) in [5, 5.41) is 2.73. The summed E-state index contributed by atoms with van der Waals surface area (Å²) in [7, 11) is 0. The topological polar surface area (TPSA) is 45.2 Å². The van der Waals surface area contributed by atoms with Crippen molar-refractivity contribution in [3.8, 4) is 0 Å². The molecule has 26 heavy (non-hydrogen) atoms. The second kappa shape index (κ2) is 7.98. The van der Waals surface area contributed by atoms with Crippen molar-refractivity contribution in [1.82, 2.24) is 15.2 Å². The quantitative estimate of drug-likeness (QED) is 0.860. The molecule has 1 aromatic heterocycles. The van der Waals surface area contributed by atoms with Crippen molar-refractivity contribution in [2.45, 2.75) is 32.7 Å². The third kappa shape index (κ3) is 4.29. The Morgan fingerprint density at radius 2 is 2.15 bits per heavy atom. The van der Waals surface area contributed by atoms with Crippen molar-refractivity contribution < 1.29 is 4.79 Å². The number of carbonyl (C=O) groups is 1. The summed E-state index contributed by atoms with van der Waals surface area (Å²) < 4.78 is 1.23. The van der Waals surface area contributed by atoms with Gasteiger partial charge in [0.25, 0.3) is 0 Å². The smallest absolute Gasteiger partial charge is 0.221 e. The van der Waals surface area contributed by atoms with Gasteiger partial charge in [0, 0.05) is 31.8 Å². The monoisotopic (exact) mass is 367 g/mol. The molecule has 1 aliphatic heterocycles. The predicted octanol–water partition coefficient (Wildman–Crippen LogP) is 4.59. The van der Waals surface area contributed by atoms with E-state index in [9.17, 15) is 4.79 Å². The Labute approximate surface area is 158 Å². The fourth-order valence-electron chi connectivity index (χ4n) is 3.37. The minimum Gasteiger partial charge on any atom is -0.327 e. The van der Waals surface area contributed by atoms with Gasteiger partial charge in [-0.3, -0.25) is 9.69 Å². The van der Waals surface area contributed by atoms with Gasteiger partial charge in [-0.1, -0.05) is 24.8 Å². The fraction of sp³-hybridized carbons (Fsp3) is 0.333. The zero-order valence-corrected chi connectivity index (χ0v) is 16.2. The van der Waals surface area contributed by atoms with E-state index in [1.54, 1.807) is 11.3 Å². The molecule has 0 spiro atoms. The molecule has 1 N–H and O–H groups in total. The van der Waals surface area contributed by atoms with Gasteiger partial charge in [0.2, 0.25) is 5.91 Å². The van der Waals surface area contributed by atoms with Gasteiger partial charge < -0.3 is 5.32 Å². The summed E-state index contributed by atoms with van der Waals surface area (Å²) in [6, 6.07) is 6.90. The van der Waals surface area contributed by atoms with Crippen LogP contribution in [0.4, 0.5) is 0 Å². The molecule has 1 atom stereocenters. The van der Waals surface area contributed by atoms with Crippen LogP contribution in [0.3, 0.4) is 0 Å². The van der Waals surface area contributed by atoms with Crippen LogP contribution in [0.1, 0.15) is 38.3 Å². The average molecular weight is 368 g/mol. The van der Waals surface area contributed by atoms with E-state index in [-0.39, 0.29) is 5.91 Å². The molecule has 1 fully saturated rings. The van der Waals surface area contributed by atoms with Crippen LogP contribution in [-0.2, 0) is 4.79 Å². The Morgan fingerprint density at radius 3 is 2.92 bits per heavy atom. The molecule has 3 rings (SSSR count). The Kier molecular flexibility index (Phi) is 5.69. The van der Waals surface area contributed by atoms with E-state index >= 15 is 0 Å². The fourth-order valence-corrected chi connectivity index (χ4v) is 4.03. The van der Waals surface area contributed by atoms with Gasteiger partial charge in [-0.25, -0.2) is 4.98 Å². The average Bonchev–Trinajstić information content (AvgIpc) is 2.99. The van der Waals surface area contributed by atoms with Crippen molar-refractivity contribution in [2.24, 2.45) is 0 Å². The first-order valence-corrected chi connectivity index (χ1v) is 9.74. The van der Waals surface area contributed by atoms with E-state index in [1.807, 2.05) is 11.6 Å². The first kappa shape index (κ1) is 18.5. The molecule has 0 aliphatic carbocycles. The molecule has 136 valence electrons. The number of benzene rings is 1. The molecular weight excluding hydrogens is 342 g/mol. The van der Waals surface area contributed by atoms with Crippen molar-refractivity contribution in [3.63, 3.8) is 0 Å². The largest absolute Gasteiger partial charge is 0.327 e. The molecular formula is C21H25N3OS. The number of rotatable bonds is 4. The number of aromatic nitrogens is 1. The highest BCUT2D eigenvalue weighted by molar-refractivity contribution is 7.16. The zero-order valence-electron chi connectivity index (χ0n) is 15.4. The third-order valence-electron chi connectivity index (χ3n) is 4.89. The molecule has 0 saturated carbocycles. The van der Waals surface area contributed by atoms with E-state index in [2.05, 4.69) is 53.5 Å². The van der Waals surface area contributed by atoms with Crippen molar-refractivity contribution >= 4 is 27.5 Å². The van der Waals surface area contributed by atoms with E-state index in [0.29, 0.717) is 11.7 Å². The molecule has 1 aliphatic rings. The van der Waals surface area contributed by atoms with E-state index < -0.39 is 0 Å². The standard InChI is InChI=1S/C21H25N3OS/c1-14-7-9-24(10-8-18(14)11-15(2)23-17(4)25)16(3)19-5-6-21-20(12-19)22-13-26-21/h5-6,11-13,16H,1-2,7-10H2,3-4H3,(H,23,25)/b18-11-/t16-/m1/s1. The number of hydrogen-bond donors (Lipinski definition) is 1. The van der Waals surface area contributed by atoms with Crippen LogP contribution in [0.5, 0.6) is 0 Å². The number of likely N-dealkylation sites (tertiary alicyclic amines) is 1. The number of allylic oxidation sites excluding steroid dienone is 1. The van der Waals surface area contributed by atoms with Crippen LogP contribution in [0.25, 0.3) is 10.2 Å². The summed E-state index contributed by atoms with van der Waals surface area (Å²) in [5.74, 6) is -0.0984. The van der Waals surface area contributed by atoms with Crippen LogP contribution >= 0.6 is 11.3 Å². The van der Waals surface area contributed by atoms with Crippen molar-refractivity contribution in [2.75, 3.05) is 13.1 Å². The maximum atomic E-state index is 11.2. The lowest BCUT2D eigenvalue weighted by Gasteiger charge is -2.27. The Balaban J connectivity index is 1.72. The summed E-state index contributed by atoms with van der Waals surface area (Å²) in [6.45, 7) is 13.8. The molecule has 4 nitrogen and oxygen atoms in total. The minimum absolute atomic E-state index is 0.0984. The van der Waals surface area contributed by atoms with Gasteiger partial charge in [-0.2, -0.15) is 0 Å². The number of thiazole rings is 1. The second-order valence-electron chi connectivity index (χ2n) is 6.77. The highest BCUT2D eigenvalue weighted by Gasteiger charge is 2.21. The van der Waals surface area contributed by atoms with Gasteiger partial charge in [0.05, 0.1) is 15.7 Å². The Morgan fingerprint density at radius 1 is 1.38 bits per heavy atom. The van der Waals surface area contributed by atoms with Crippen LogP contribution in [0, 0.1) is 0 Å². The Hall–Kier alpha value is -2.24. The molecule has 1 aromatic carbocycles. The van der Waals surface area contributed by atoms with Crippen molar-refractivity contribution in [1.29, 1.82) is 0 Å². The summed E-state index contributed by atoms with van der Waals surface area (Å²) in [4.78, 5) is 18.1. The van der Waals surface area contributed by atoms with Crippen LogP contribution in [-0.4, -0.2) is 28.9 Å². The number of carbonyl (C=O) groups excluding carboxylic acids is 1. The lowest BCUT2D eigenvalue weighted by atomic mass is 10.0. The third-order valence-corrected chi connectivity index (χ3v) is 5.70. The SMILES string of the molecule is C=C(/C=C1/CCN([C@H](C)c2ccc3scnc3c2)CCC1=C)NC(C)=O. The predicted molar refractivity (Wildman–Crippen MR) is 109 cm³/mol. The lowest BCUT2D eigenvalue weighted by molar-refractivity contribution is -0.118. The summed E-state index contributed by atoms with van der Waals surface area (Å²) >= 11 is 1.68. The van der Waals surface area contributed by atoms with E-state index in [4.69, 9.17) is 0 Å². The highest BCUT2D eigenvalue weighted by atomic mass is 32.1. The second-order valence-corrected chi connectivity index (χ2v) is 7.66. The van der Waals surface area contributed by atoms with Crippen LogP contribution < -0.4 is 5.32 Å². The van der Waals surface area contributed by atoms with Gasteiger partial charge >= 0.3 is 0 Å². The minimum atomic E-state index is -0.0984. The molecule has 1 saturated heterocycles. The highest BCUT2D eigenvalue weighted by Crippen LogP contribution is 2.30. The van der Waals surface area contributed by atoms with Crippen molar-refractivity contribution in [3.05, 3.63) is 65.4 Å². The van der Waals surface area contributed by atoms with Gasteiger partial charge in [0.1, 0.15) is 0 Å². The van der Waals surface area contributed by atoms with E-state index in [0.717, 1.165) is 37.0 Å². The number of nitrogens with zero attached hydrogens (tertiary/aromatic N) is 2. The van der Waals surface area contributed by atoms with Gasteiger partial charge in [-0.05, 0) is 49.1 Å². The normalized spacial score (nSPS) is 18.7. The first-order valence-electron chi connectivity index (χ1n) is 8.86. The van der Waals surface area contributed by atoms with Crippen LogP contribution in [0.2, 0.25) is 0 Å². The first-order chi connectivity index (χ1) is 12.4. The molecule has 0 bridgehead atoms. The van der Waals surface area contributed by atoms with Gasteiger partial charge in [0.15, 0.2) is 0 Å². The summed E-state index contributed by atoms with van der Waals surface area (Å²) in [6.07, 6.45) is 3.78. The lowest BCUT2D eigenvalue weighted by Crippen LogP contribution is -2.28. The molecule has 0 unspecified atom stereocenters. The van der Waals surface area contributed by atoms with Gasteiger partial charge in [-0.15, -0.1) is 11.3 Å². The molecule has 1 amide bonds. The van der Waals surface area contributed by atoms with Crippen LogP contribution in [0.15, 0.2) is 59.8 Å². The number of amides is 1. The maximum absolute atomic E-state index is 11.2.